The molecule has 0 atom stereocenters. The zero-order valence-electron chi connectivity index (χ0n) is 8.93. The van der Waals surface area contributed by atoms with Crippen LogP contribution in [0.2, 0.25) is 0 Å². The lowest BCUT2D eigenvalue weighted by Crippen LogP contribution is -1.88. The minimum atomic E-state index is 0.930. The molecule has 0 aromatic carbocycles. The molecule has 0 bridgehead atoms. The molecular formula is C11H24OS. The van der Waals surface area contributed by atoms with E-state index in [0.29, 0.717) is 0 Å². The molecule has 0 rings (SSSR count). The van der Waals surface area contributed by atoms with Crippen molar-refractivity contribution in [3.05, 3.63) is 0 Å². The molecule has 0 aliphatic rings. The number of unbranched alkanes of at least 4 members (excludes halogenated alkanes) is 7. The van der Waals surface area contributed by atoms with Crippen molar-refractivity contribution in [3.8, 4) is 0 Å². The Bertz CT molecular complexity index is 76.2. The summed E-state index contributed by atoms with van der Waals surface area (Å²) in [5.41, 5.74) is 0. The van der Waals surface area contributed by atoms with Crippen LogP contribution in [0.1, 0.15) is 51.4 Å². The van der Waals surface area contributed by atoms with Gasteiger partial charge in [-0.15, -0.1) is 0 Å². The fraction of sp³-hybridized carbons (Fsp3) is 1.00. The summed E-state index contributed by atoms with van der Waals surface area (Å²) in [6, 6.07) is 0. The molecule has 0 aromatic heterocycles. The van der Waals surface area contributed by atoms with Crippen molar-refractivity contribution in [1.82, 2.24) is 0 Å². The molecule has 0 aliphatic heterocycles. The van der Waals surface area contributed by atoms with Crippen molar-refractivity contribution in [2.75, 3.05) is 19.5 Å². The molecule has 0 aromatic rings. The Labute approximate surface area is 88.7 Å². The lowest BCUT2D eigenvalue weighted by molar-refractivity contribution is 0.192. The van der Waals surface area contributed by atoms with Crippen molar-refractivity contribution in [3.63, 3.8) is 0 Å². The molecule has 13 heavy (non-hydrogen) atoms. The summed E-state index contributed by atoms with van der Waals surface area (Å²) < 4.78 is 4.99. The van der Waals surface area contributed by atoms with E-state index in [0.717, 1.165) is 12.4 Å². The Morgan fingerprint density at radius 1 is 0.769 bits per heavy atom. The van der Waals surface area contributed by atoms with Crippen LogP contribution >= 0.6 is 12.6 Å². The molecule has 0 amide bonds. The highest BCUT2D eigenvalue weighted by atomic mass is 32.1. The van der Waals surface area contributed by atoms with Crippen molar-refractivity contribution < 1.29 is 4.74 Å². The van der Waals surface area contributed by atoms with Crippen LogP contribution in [0.25, 0.3) is 0 Å². The Balaban J connectivity index is 2.76. The Kier molecular flexibility index (Phi) is 12.6. The number of hydrogen-bond donors (Lipinski definition) is 1. The number of thiol groups is 1. The maximum Gasteiger partial charge on any atom is 0.0462 e. The zero-order valence-corrected chi connectivity index (χ0v) is 9.82. The lowest BCUT2D eigenvalue weighted by Gasteiger charge is -2.00. The predicted octanol–water partition coefficient (Wildman–Crippen LogP) is 3.68. The molecule has 0 spiro atoms. The van der Waals surface area contributed by atoms with E-state index >= 15 is 0 Å². The third-order valence-corrected chi connectivity index (χ3v) is 2.57. The minimum absolute atomic E-state index is 0.930. The predicted molar refractivity (Wildman–Crippen MR) is 62.7 cm³/mol. The van der Waals surface area contributed by atoms with Crippen LogP contribution in [0.5, 0.6) is 0 Å². The highest BCUT2D eigenvalue weighted by Gasteiger charge is 1.91. The summed E-state index contributed by atoms with van der Waals surface area (Å²) in [5, 5.41) is 0. The summed E-state index contributed by atoms with van der Waals surface area (Å²) in [6.45, 7) is 0.930. The van der Waals surface area contributed by atoms with Crippen LogP contribution in [0.3, 0.4) is 0 Å². The van der Waals surface area contributed by atoms with Gasteiger partial charge in [0.25, 0.3) is 0 Å². The van der Waals surface area contributed by atoms with E-state index in [1.165, 1.54) is 51.4 Å². The van der Waals surface area contributed by atoms with Crippen LogP contribution in [0, 0.1) is 0 Å². The van der Waals surface area contributed by atoms with Crippen LogP contribution in [-0.2, 0) is 4.74 Å². The maximum absolute atomic E-state index is 4.99. The van der Waals surface area contributed by atoms with Gasteiger partial charge in [0, 0.05) is 13.7 Å². The fourth-order valence-electron chi connectivity index (χ4n) is 1.42. The monoisotopic (exact) mass is 204 g/mol. The largest absolute Gasteiger partial charge is 0.385 e. The first-order chi connectivity index (χ1) is 6.41. The van der Waals surface area contributed by atoms with Crippen LogP contribution < -0.4 is 0 Å². The summed E-state index contributed by atoms with van der Waals surface area (Å²) in [4.78, 5) is 0. The summed E-state index contributed by atoms with van der Waals surface area (Å²) in [6.07, 6.45) is 10.8. The quantitative estimate of drug-likeness (QED) is 0.422. The Morgan fingerprint density at radius 3 is 1.69 bits per heavy atom. The summed E-state index contributed by atoms with van der Waals surface area (Å²) >= 11 is 4.19. The summed E-state index contributed by atoms with van der Waals surface area (Å²) in [7, 11) is 1.78. The van der Waals surface area contributed by atoms with Gasteiger partial charge >= 0.3 is 0 Å². The molecule has 1 nitrogen and oxygen atoms in total. The smallest absolute Gasteiger partial charge is 0.0462 e. The molecule has 0 heterocycles. The number of methoxy groups -OCH3 is 1. The van der Waals surface area contributed by atoms with E-state index < -0.39 is 0 Å². The highest BCUT2D eigenvalue weighted by Crippen LogP contribution is 2.08. The molecule has 0 fully saturated rings. The average molecular weight is 204 g/mol. The van der Waals surface area contributed by atoms with Crippen LogP contribution in [0.4, 0.5) is 0 Å². The first-order valence-electron chi connectivity index (χ1n) is 5.51. The minimum Gasteiger partial charge on any atom is -0.385 e. The molecule has 0 saturated carbocycles. The molecular weight excluding hydrogens is 180 g/mol. The summed E-state index contributed by atoms with van der Waals surface area (Å²) in [5.74, 6) is 1.05. The third-order valence-electron chi connectivity index (χ3n) is 2.26. The number of hydrogen-bond acceptors (Lipinski definition) is 2. The normalized spacial score (nSPS) is 10.6. The van der Waals surface area contributed by atoms with E-state index in [1.807, 2.05) is 0 Å². The highest BCUT2D eigenvalue weighted by molar-refractivity contribution is 7.80. The zero-order chi connectivity index (χ0) is 9.78. The molecule has 80 valence electrons. The van der Waals surface area contributed by atoms with E-state index in [2.05, 4.69) is 12.6 Å². The van der Waals surface area contributed by atoms with E-state index in [1.54, 1.807) is 7.11 Å². The van der Waals surface area contributed by atoms with Gasteiger partial charge in [-0.25, -0.2) is 0 Å². The molecule has 2 heteroatoms. The second-order valence-corrected chi connectivity index (χ2v) is 3.99. The van der Waals surface area contributed by atoms with Gasteiger partial charge in [0.15, 0.2) is 0 Å². The van der Waals surface area contributed by atoms with Gasteiger partial charge in [-0.2, -0.15) is 12.6 Å². The Hall–Kier alpha value is 0.310. The third kappa shape index (κ3) is 12.3. The van der Waals surface area contributed by atoms with Gasteiger partial charge in [0.2, 0.25) is 0 Å². The molecule has 0 saturated heterocycles. The fourth-order valence-corrected chi connectivity index (χ4v) is 1.64. The topological polar surface area (TPSA) is 9.23 Å². The lowest BCUT2D eigenvalue weighted by atomic mass is 10.1. The maximum atomic E-state index is 4.99. The second-order valence-electron chi connectivity index (χ2n) is 3.54. The van der Waals surface area contributed by atoms with Gasteiger partial charge < -0.3 is 4.74 Å². The van der Waals surface area contributed by atoms with Crippen LogP contribution in [0.15, 0.2) is 0 Å². The van der Waals surface area contributed by atoms with Gasteiger partial charge in [0.1, 0.15) is 0 Å². The van der Waals surface area contributed by atoms with Crippen molar-refractivity contribution in [2.45, 2.75) is 51.4 Å². The first-order valence-corrected chi connectivity index (χ1v) is 6.15. The van der Waals surface area contributed by atoms with Gasteiger partial charge in [-0.1, -0.05) is 38.5 Å². The molecule has 0 N–H and O–H groups in total. The van der Waals surface area contributed by atoms with Crippen molar-refractivity contribution in [2.24, 2.45) is 0 Å². The molecule has 0 radical (unpaired) electrons. The Morgan fingerprint density at radius 2 is 1.23 bits per heavy atom. The standard InChI is InChI=1S/C11H24OS/c1-12-10-8-6-4-2-3-5-7-9-11-13/h13H,2-11H2,1H3. The van der Waals surface area contributed by atoms with E-state index in [-0.39, 0.29) is 0 Å². The van der Waals surface area contributed by atoms with Gasteiger partial charge in [-0.05, 0) is 18.6 Å². The van der Waals surface area contributed by atoms with E-state index in [9.17, 15) is 0 Å². The number of ether oxygens (including phenoxy) is 1. The number of rotatable bonds is 10. The van der Waals surface area contributed by atoms with Crippen LogP contribution in [-0.4, -0.2) is 19.5 Å². The molecule has 0 unspecified atom stereocenters. The van der Waals surface area contributed by atoms with Gasteiger partial charge in [0.05, 0.1) is 0 Å². The SMILES string of the molecule is COCCCCCCCCCCS. The average Bonchev–Trinajstić information content (AvgIpc) is 2.16. The first kappa shape index (κ1) is 13.3. The molecule has 0 aliphatic carbocycles. The van der Waals surface area contributed by atoms with Crippen molar-refractivity contribution >= 4 is 12.6 Å². The van der Waals surface area contributed by atoms with E-state index in [4.69, 9.17) is 4.74 Å². The second kappa shape index (κ2) is 12.3. The van der Waals surface area contributed by atoms with Crippen molar-refractivity contribution in [1.29, 1.82) is 0 Å². The van der Waals surface area contributed by atoms with Gasteiger partial charge in [-0.3, -0.25) is 0 Å².